The van der Waals surface area contributed by atoms with Crippen LogP contribution in [0, 0.1) is 21.7 Å². The lowest BCUT2D eigenvalue weighted by molar-refractivity contribution is -0.162. The fourth-order valence-corrected chi connectivity index (χ4v) is 7.05. The summed E-state index contributed by atoms with van der Waals surface area (Å²) in [5, 5.41) is 15.1. The zero-order chi connectivity index (χ0) is 30.7. The first-order valence-corrected chi connectivity index (χ1v) is 15.1. The monoisotopic (exact) mass is 580 g/mol. The topological polar surface area (TPSA) is 140 Å². The Balaban J connectivity index is 0.000000226. The Morgan fingerprint density at radius 2 is 0.927 bits per heavy atom. The number of esters is 1. The van der Waals surface area contributed by atoms with Crippen LogP contribution >= 0.6 is 0 Å². The van der Waals surface area contributed by atoms with Gasteiger partial charge in [-0.05, 0) is 129 Å². The van der Waals surface area contributed by atoms with Gasteiger partial charge in [-0.2, -0.15) is 0 Å². The van der Waals surface area contributed by atoms with Gasteiger partial charge in [-0.1, -0.05) is 0 Å². The predicted molar refractivity (Wildman–Crippen MR) is 153 cm³/mol. The molecule has 0 aliphatic heterocycles. The van der Waals surface area contributed by atoms with Crippen molar-refractivity contribution in [2.75, 3.05) is 20.2 Å². The summed E-state index contributed by atoms with van der Waals surface area (Å²) in [4.78, 5) is 46.8. The number of alkyl carbamates (subject to hydrolysis) is 2. The van der Waals surface area contributed by atoms with Crippen molar-refractivity contribution in [3.63, 3.8) is 0 Å². The van der Waals surface area contributed by atoms with Crippen LogP contribution in [0.15, 0.2) is 0 Å². The molecular weight excluding hydrogens is 528 g/mol. The molecule has 0 radical (unpaired) electrons. The minimum Gasteiger partial charge on any atom is -0.481 e. The molecule has 0 heterocycles. The summed E-state index contributed by atoms with van der Waals surface area (Å²) >= 11 is 0. The van der Waals surface area contributed by atoms with E-state index in [0.717, 1.165) is 77.0 Å². The minimum absolute atomic E-state index is 0.0594. The van der Waals surface area contributed by atoms with Crippen molar-refractivity contribution >= 4 is 24.1 Å². The van der Waals surface area contributed by atoms with Crippen molar-refractivity contribution in [3.8, 4) is 0 Å². The molecule has 0 aromatic carbocycles. The molecule has 0 atom stereocenters. The van der Waals surface area contributed by atoms with Gasteiger partial charge in [0.25, 0.3) is 0 Å². The first-order chi connectivity index (χ1) is 18.9. The van der Waals surface area contributed by atoms with E-state index in [1.54, 1.807) is 0 Å². The van der Waals surface area contributed by atoms with Crippen molar-refractivity contribution < 1.29 is 38.5 Å². The highest BCUT2D eigenvalue weighted by atomic mass is 16.6. The molecule has 41 heavy (non-hydrogen) atoms. The van der Waals surface area contributed by atoms with Crippen LogP contribution in [0.5, 0.6) is 0 Å². The van der Waals surface area contributed by atoms with Gasteiger partial charge in [-0.3, -0.25) is 9.59 Å². The maximum Gasteiger partial charge on any atom is 0.407 e. The van der Waals surface area contributed by atoms with Crippen LogP contribution < -0.4 is 10.6 Å². The van der Waals surface area contributed by atoms with E-state index in [0.29, 0.717) is 13.1 Å². The number of carboxylic acids is 1. The van der Waals surface area contributed by atoms with Crippen molar-refractivity contribution in [1.29, 1.82) is 0 Å². The van der Waals surface area contributed by atoms with Crippen molar-refractivity contribution in [2.24, 2.45) is 21.7 Å². The molecule has 0 aromatic heterocycles. The molecular formula is C31H52N2O8. The minimum atomic E-state index is -0.647. The summed E-state index contributed by atoms with van der Waals surface area (Å²) in [5.74, 6) is -0.707. The third kappa shape index (κ3) is 8.28. The molecule has 0 unspecified atom stereocenters. The Kier molecular flexibility index (Phi) is 9.65. The molecule has 0 spiro atoms. The molecule has 0 aromatic rings. The Morgan fingerprint density at radius 3 is 1.20 bits per heavy atom. The molecule has 6 saturated carbocycles. The Labute approximate surface area is 245 Å². The number of carbonyl (C=O) groups excluding carboxylic acids is 3. The van der Waals surface area contributed by atoms with E-state index in [1.807, 2.05) is 41.5 Å². The maximum atomic E-state index is 12.0. The molecule has 10 heteroatoms. The first kappa shape index (κ1) is 33.0. The normalized spacial score (nSPS) is 32.2. The average Bonchev–Trinajstić information content (AvgIpc) is 2.91. The Hall–Kier alpha value is -2.52. The van der Waals surface area contributed by atoms with Crippen LogP contribution in [0.1, 0.15) is 119 Å². The van der Waals surface area contributed by atoms with Crippen LogP contribution in [0.2, 0.25) is 0 Å². The van der Waals surface area contributed by atoms with E-state index in [-0.39, 0.29) is 34.4 Å². The summed E-state index contributed by atoms with van der Waals surface area (Å²) in [6, 6.07) is 0. The molecule has 10 nitrogen and oxygen atoms in total. The number of hydrogen-bond acceptors (Lipinski definition) is 7. The number of amides is 2. The van der Waals surface area contributed by atoms with Crippen LogP contribution in [0.4, 0.5) is 9.59 Å². The van der Waals surface area contributed by atoms with Crippen LogP contribution in [-0.2, 0) is 23.8 Å². The standard InChI is InChI=1S/C16H27NO4.C15H25NO4/c1-14(2,3)21-13(19)17-11-15-5-8-16(9-6-15,10-7-15)12(18)20-4;1-13(2,3)20-12(19)16-10-14-4-7-15(8-5-14,9-6-14)11(17)18/h5-11H2,1-4H3,(H,17,19);4-10H2,1-3H3,(H,16,19)(H,17,18). The number of carbonyl (C=O) groups is 4. The number of hydrogen-bond donors (Lipinski definition) is 3. The van der Waals surface area contributed by atoms with Crippen LogP contribution in [0.25, 0.3) is 0 Å². The number of ether oxygens (including phenoxy) is 3. The van der Waals surface area contributed by atoms with Gasteiger partial charge in [0.1, 0.15) is 11.2 Å². The highest BCUT2D eigenvalue weighted by Crippen LogP contribution is 2.58. The van der Waals surface area contributed by atoms with Gasteiger partial charge in [0.2, 0.25) is 0 Å². The van der Waals surface area contributed by atoms with Gasteiger partial charge in [0, 0.05) is 13.1 Å². The quantitative estimate of drug-likeness (QED) is 0.258. The SMILES string of the molecule is CC(C)(C)OC(=O)NCC12CCC(C(=O)O)(CC1)CC2.COC(=O)C12CCC(CNC(=O)OC(C)(C)C)(CC1)CC2. The summed E-state index contributed by atoms with van der Waals surface area (Å²) in [5.41, 5.74) is -1.50. The third-order valence-corrected chi connectivity index (χ3v) is 9.89. The molecule has 3 N–H and O–H groups in total. The summed E-state index contributed by atoms with van der Waals surface area (Å²) < 4.78 is 15.5. The van der Waals surface area contributed by atoms with Crippen molar-refractivity contribution in [2.45, 2.75) is 130 Å². The number of aliphatic carboxylic acids is 1. The Bertz CT molecular complexity index is 944. The fourth-order valence-electron chi connectivity index (χ4n) is 7.05. The van der Waals surface area contributed by atoms with Gasteiger partial charge in [-0.15, -0.1) is 0 Å². The van der Waals surface area contributed by atoms with Crippen LogP contribution in [0.3, 0.4) is 0 Å². The van der Waals surface area contributed by atoms with E-state index in [4.69, 9.17) is 14.2 Å². The average molecular weight is 581 g/mol. The second-order valence-corrected chi connectivity index (χ2v) is 15.1. The lowest BCUT2D eigenvalue weighted by Crippen LogP contribution is -2.51. The van der Waals surface area contributed by atoms with E-state index >= 15 is 0 Å². The summed E-state index contributed by atoms with van der Waals surface area (Å²) in [6.07, 6.45) is 9.64. The molecule has 234 valence electrons. The van der Waals surface area contributed by atoms with Gasteiger partial charge in [0.05, 0.1) is 17.9 Å². The second kappa shape index (κ2) is 12.0. The predicted octanol–water partition coefficient (Wildman–Crippen LogP) is 5.96. The van der Waals surface area contributed by atoms with E-state index in [9.17, 15) is 24.3 Å². The fraction of sp³-hybridized carbons (Fsp3) is 0.871. The van der Waals surface area contributed by atoms with Gasteiger partial charge in [0.15, 0.2) is 0 Å². The highest BCUT2D eigenvalue weighted by molar-refractivity contribution is 5.77. The van der Waals surface area contributed by atoms with E-state index < -0.39 is 22.6 Å². The number of rotatable bonds is 6. The van der Waals surface area contributed by atoms with Gasteiger partial charge in [-0.25, -0.2) is 9.59 Å². The zero-order valence-electron chi connectivity index (χ0n) is 26.2. The smallest absolute Gasteiger partial charge is 0.407 e. The second-order valence-electron chi connectivity index (χ2n) is 15.1. The van der Waals surface area contributed by atoms with Crippen molar-refractivity contribution in [3.05, 3.63) is 0 Å². The highest BCUT2D eigenvalue weighted by Gasteiger charge is 2.54. The van der Waals surface area contributed by atoms with Crippen LogP contribution in [-0.4, -0.2) is 60.6 Å². The molecule has 2 amide bonds. The number of fused-ring (bicyclic) bond motifs is 6. The number of carboxylic acid groups (broad SMARTS) is 1. The van der Waals surface area contributed by atoms with Crippen molar-refractivity contribution in [1.82, 2.24) is 10.6 Å². The zero-order valence-corrected chi connectivity index (χ0v) is 26.2. The number of methoxy groups -OCH3 is 1. The molecule has 4 bridgehead atoms. The molecule has 0 saturated heterocycles. The molecule has 6 aliphatic rings. The largest absolute Gasteiger partial charge is 0.481 e. The summed E-state index contributed by atoms with van der Waals surface area (Å²) in [7, 11) is 1.47. The molecule has 6 aliphatic carbocycles. The first-order valence-electron chi connectivity index (χ1n) is 15.1. The van der Waals surface area contributed by atoms with Gasteiger partial charge < -0.3 is 30.0 Å². The van der Waals surface area contributed by atoms with E-state index in [2.05, 4.69) is 10.6 Å². The van der Waals surface area contributed by atoms with Gasteiger partial charge >= 0.3 is 24.1 Å². The summed E-state index contributed by atoms with van der Waals surface area (Å²) in [6.45, 7) is 12.3. The lowest BCUT2D eigenvalue weighted by atomic mass is 9.53. The molecule has 6 fully saturated rings. The van der Waals surface area contributed by atoms with E-state index in [1.165, 1.54) is 7.11 Å². The molecule has 6 rings (SSSR count). The maximum absolute atomic E-state index is 12.0. The lowest BCUT2D eigenvalue weighted by Gasteiger charge is -2.51. The Morgan fingerprint density at radius 1 is 0.610 bits per heavy atom. The third-order valence-electron chi connectivity index (χ3n) is 9.89. The number of nitrogens with one attached hydrogen (secondary N) is 2.